The van der Waals surface area contributed by atoms with Crippen LogP contribution in [0.1, 0.15) is 18.1 Å². The standard InChI is InChI=1S/C10H15NO2S/c1-4-9-7-5-6-8(2)10(9)11-14(3,12)13/h5-7,11H,4H2,1-3H3. The van der Waals surface area contributed by atoms with Crippen molar-refractivity contribution >= 4 is 15.7 Å². The number of aryl methyl sites for hydroxylation is 2. The summed E-state index contributed by atoms with van der Waals surface area (Å²) in [7, 11) is -3.18. The van der Waals surface area contributed by atoms with Crippen LogP contribution in [0.3, 0.4) is 0 Å². The van der Waals surface area contributed by atoms with E-state index in [9.17, 15) is 8.42 Å². The van der Waals surface area contributed by atoms with Crippen molar-refractivity contribution in [2.45, 2.75) is 20.3 Å². The molecule has 0 aromatic heterocycles. The second-order valence-corrected chi connectivity index (χ2v) is 5.09. The van der Waals surface area contributed by atoms with E-state index in [1.807, 2.05) is 32.0 Å². The maximum absolute atomic E-state index is 11.1. The molecule has 0 saturated carbocycles. The average Bonchev–Trinajstić information content (AvgIpc) is 2.06. The largest absolute Gasteiger partial charge is 0.283 e. The van der Waals surface area contributed by atoms with E-state index in [1.54, 1.807) is 0 Å². The van der Waals surface area contributed by atoms with Gasteiger partial charge in [-0.05, 0) is 24.5 Å². The van der Waals surface area contributed by atoms with Crippen molar-refractivity contribution in [1.82, 2.24) is 0 Å². The highest BCUT2D eigenvalue weighted by molar-refractivity contribution is 7.92. The Morgan fingerprint density at radius 3 is 2.50 bits per heavy atom. The van der Waals surface area contributed by atoms with Crippen molar-refractivity contribution in [3.63, 3.8) is 0 Å². The minimum Gasteiger partial charge on any atom is -0.283 e. The molecule has 0 heterocycles. The van der Waals surface area contributed by atoms with Crippen LogP contribution in [-0.4, -0.2) is 14.7 Å². The number of hydrogen-bond donors (Lipinski definition) is 1. The van der Waals surface area contributed by atoms with Crippen LogP contribution in [0.4, 0.5) is 5.69 Å². The summed E-state index contributed by atoms with van der Waals surface area (Å²) < 4.78 is 24.8. The van der Waals surface area contributed by atoms with Gasteiger partial charge in [-0.25, -0.2) is 8.42 Å². The average molecular weight is 213 g/mol. The van der Waals surface area contributed by atoms with Gasteiger partial charge in [-0.3, -0.25) is 4.72 Å². The van der Waals surface area contributed by atoms with E-state index in [1.165, 1.54) is 6.26 Å². The summed E-state index contributed by atoms with van der Waals surface area (Å²) in [5.74, 6) is 0. The van der Waals surface area contributed by atoms with Gasteiger partial charge < -0.3 is 0 Å². The molecule has 0 radical (unpaired) electrons. The molecule has 0 spiro atoms. The first-order chi connectivity index (χ1) is 6.44. The van der Waals surface area contributed by atoms with E-state index in [4.69, 9.17) is 0 Å². The molecule has 1 rings (SSSR count). The lowest BCUT2D eigenvalue weighted by Crippen LogP contribution is -2.12. The van der Waals surface area contributed by atoms with E-state index in [2.05, 4.69) is 4.72 Å². The fourth-order valence-corrected chi connectivity index (χ4v) is 2.02. The summed E-state index contributed by atoms with van der Waals surface area (Å²) in [5.41, 5.74) is 2.70. The van der Waals surface area contributed by atoms with E-state index in [0.717, 1.165) is 23.2 Å². The van der Waals surface area contributed by atoms with Crippen LogP contribution < -0.4 is 4.72 Å². The molecule has 3 nitrogen and oxygen atoms in total. The van der Waals surface area contributed by atoms with Crippen LogP contribution >= 0.6 is 0 Å². The van der Waals surface area contributed by atoms with Gasteiger partial charge in [-0.2, -0.15) is 0 Å². The molecular weight excluding hydrogens is 198 g/mol. The summed E-state index contributed by atoms with van der Waals surface area (Å²) in [4.78, 5) is 0. The molecule has 14 heavy (non-hydrogen) atoms. The molecule has 0 bridgehead atoms. The Morgan fingerprint density at radius 2 is 2.00 bits per heavy atom. The molecule has 0 aliphatic carbocycles. The number of para-hydroxylation sites is 1. The summed E-state index contributed by atoms with van der Waals surface area (Å²) in [6.45, 7) is 3.90. The molecule has 78 valence electrons. The molecule has 0 aliphatic heterocycles. The Labute approximate surface area is 85.2 Å². The lowest BCUT2D eigenvalue weighted by Gasteiger charge is -2.11. The summed E-state index contributed by atoms with van der Waals surface area (Å²) in [5, 5.41) is 0. The SMILES string of the molecule is CCc1cccc(C)c1NS(C)(=O)=O. The van der Waals surface area contributed by atoms with Crippen LogP contribution in [-0.2, 0) is 16.4 Å². The van der Waals surface area contributed by atoms with Gasteiger partial charge in [0.15, 0.2) is 0 Å². The fraction of sp³-hybridized carbons (Fsp3) is 0.400. The second-order valence-electron chi connectivity index (χ2n) is 3.34. The van der Waals surface area contributed by atoms with Gasteiger partial charge >= 0.3 is 0 Å². The Hall–Kier alpha value is -1.03. The normalized spacial score (nSPS) is 11.4. The molecule has 0 aliphatic rings. The van der Waals surface area contributed by atoms with E-state index in [-0.39, 0.29) is 0 Å². The lowest BCUT2D eigenvalue weighted by molar-refractivity contribution is 0.606. The molecule has 1 aromatic rings. The Bertz CT molecular complexity index is 424. The van der Waals surface area contributed by atoms with Crippen molar-refractivity contribution in [3.8, 4) is 0 Å². The summed E-state index contributed by atoms with van der Waals surface area (Å²) in [6.07, 6.45) is 1.98. The van der Waals surface area contributed by atoms with Gasteiger partial charge in [-0.15, -0.1) is 0 Å². The van der Waals surface area contributed by atoms with Gasteiger partial charge in [0.2, 0.25) is 10.0 Å². The number of benzene rings is 1. The maximum Gasteiger partial charge on any atom is 0.229 e. The second kappa shape index (κ2) is 4.00. The molecular formula is C10H15NO2S. The zero-order valence-corrected chi connectivity index (χ0v) is 9.48. The van der Waals surface area contributed by atoms with Gasteiger partial charge in [0.25, 0.3) is 0 Å². The summed E-state index contributed by atoms with van der Waals surface area (Å²) in [6, 6.07) is 5.76. The third-order valence-corrected chi connectivity index (χ3v) is 2.60. The first kappa shape index (κ1) is 11.0. The Balaban J connectivity index is 3.18. The molecule has 0 atom stereocenters. The highest BCUT2D eigenvalue weighted by Crippen LogP contribution is 2.21. The molecule has 0 saturated heterocycles. The van der Waals surface area contributed by atoms with Crippen molar-refractivity contribution < 1.29 is 8.42 Å². The zero-order chi connectivity index (χ0) is 10.8. The number of hydrogen-bond acceptors (Lipinski definition) is 2. The lowest BCUT2D eigenvalue weighted by atomic mass is 10.1. The van der Waals surface area contributed by atoms with Crippen LogP contribution in [0, 0.1) is 6.92 Å². The first-order valence-electron chi connectivity index (χ1n) is 4.50. The molecule has 0 unspecified atom stereocenters. The number of rotatable bonds is 3. The monoisotopic (exact) mass is 213 g/mol. The predicted octanol–water partition coefficient (Wildman–Crippen LogP) is 1.93. The molecule has 1 aromatic carbocycles. The van der Waals surface area contributed by atoms with E-state index in [0.29, 0.717) is 0 Å². The maximum atomic E-state index is 11.1. The van der Waals surface area contributed by atoms with Crippen LogP contribution in [0.2, 0.25) is 0 Å². The first-order valence-corrected chi connectivity index (χ1v) is 6.39. The Kier molecular flexibility index (Phi) is 3.16. The van der Waals surface area contributed by atoms with Crippen molar-refractivity contribution in [2.75, 3.05) is 11.0 Å². The number of nitrogens with one attached hydrogen (secondary N) is 1. The highest BCUT2D eigenvalue weighted by atomic mass is 32.2. The molecule has 1 N–H and O–H groups in total. The van der Waals surface area contributed by atoms with Gasteiger partial charge in [0.1, 0.15) is 0 Å². The van der Waals surface area contributed by atoms with Crippen LogP contribution in [0.15, 0.2) is 18.2 Å². The number of anilines is 1. The van der Waals surface area contributed by atoms with Crippen molar-refractivity contribution in [3.05, 3.63) is 29.3 Å². The number of sulfonamides is 1. The third kappa shape index (κ3) is 2.73. The van der Waals surface area contributed by atoms with Gasteiger partial charge in [0.05, 0.1) is 11.9 Å². The zero-order valence-electron chi connectivity index (χ0n) is 8.66. The highest BCUT2D eigenvalue weighted by Gasteiger charge is 2.08. The fourth-order valence-electron chi connectivity index (χ4n) is 1.35. The molecule has 0 amide bonds. The third-order valence-electron chi connectivity index (χ3n) is 2.03. The topological polar surface area (TPSA) is 46.2 Å². The summed E-state index contributed by atoms with van der Waals surface area (Å²) >= 11 is 0. The molecule has 4 heteroatoms. The molecule has 0 fully saturated rings. The van der Waals surface area contributed by atoms with Crippen molar-refractivity contribution in [1.29, 1.82) is 0 Å². The predicted molar refractivity (Wildman–Crippen MR) is 59.0 cm³/mol. The minimum absolute atomic E-state index is 0.720. The van der Waals surface area contributed by atoms with Crippen LogP contribution in [0.25, 0.3) is 0 Å². The van der Waals surface area contributed by atoms with E-state index < -0.39 is 10.0 Å². The van der Waals surface area contributed by atoms with Gasteiger partial charge in [0, 0.05) is 0 Å². The smallest absolute Gasteiger partial charge is 0.229 e. The van der Waals surface area contributed by atoms with Crippen molar-refractivity contribution in [2.24, 2.45) is 0 Å². The Morgan fingerprint density at radius 1 is 1.36 bits per heavy atom. The quantitative estimate of drug-likeness (QED) is 0.834. The minimum atomic E-state index is -3.18. The van der Waals surface area contributed by atoms with E-state index >= 15 is 0 Å². The van der Waals surface area contributed by atoms with Crippen LogP contribution in [0.5, 0.6) is 0 Å². The van der Waals surface area contributed by atoms with Gasteiger partial charge in [-0.1, -0.05) is 25.1 Å².